The van der Waals surface area contributed by atoms with Gasteiger partial charge in [-0.15, -0.1) is 0 Å². The summed E-state index contributed by atoms with van der Waals surface area (Å²) in [6.07, 6.45) is 7.41. The van der Waals surface area contributed by atoms with Gasteiger partial charge in [0.2, 0.25) is 0 Å². The van der Waals surface area contributed by atoms with Crippen LogP contribution in [0.2, 0.25) is 0 Å². The van der Waals surface area contributed by atoms with E-state index in [1.54, 1.807) is 0 Å². The molecule has 0 saturated heterocycles. The second-order valence-corrected chi connectivity index (χ2v) is 15.0. The molecule has 12 rings (SSSR count). The lowest BCUT2D eigenvalue weighted by atomic mass is 9.96. The first kappa shape index (κ1) is 36.2. The zero-order valence-corrected chi connectivity index (χ0v) is 34.1. The summed E-state index contributed by atoms with van der Waals surface area (Å²) >= 11 is 1.23. The van der Waals surface area contributed by atoms with E-state index in [0.29, 0.717) is 0 Å². The number of hydrogen-bond donors (Lipinski definition) is 0. The predicted molar refractivity (Wildman–Crippen MR) is 250 cm³/mol. The van der Waals surface area contributed by atoms with Gasteiger partial charge in [0.05, 0.1) is 67.6 Å². The topological polar surface area (TPSA) is 87.2 Å². The van der Waals surface area contributed by atoms with Crippen LogP contribution < -0.4 is 0 Å². The fourth-order valence-corrected chi connectivity index (χ4v) is 9.25. The van der Waals surface area contributed by atoms with Crippen molar-refractivity contribution in [2.75, 3.05) is 0 Å². The van der Waals surface area contributed by atoms with Crippen LogP contribution in [0.25, 0.3) is 111 Å². The van der Waals surface area contributed by atoms with Crippen LogP contribution in [0.1, 0.15) is 13.8 Å². The molecule has 290 valence electrons. The smallest absolute Gasteiger partial charge is 0.130 e. The molecule has 0 amide bonds. The van der Waals surface area contributed by atoms with E-state index in [0.717, 1.165) is 111 Å². The van der Waals surface area contributed by atoms with E-state index in [1.165, 1.54) is 11.7 Å². The first-order chi connectivity index (χ1) is 30.3. The van der Waals surface area contributed by atoms with Gasteiger partial charge in [0.15, 0.2) is 0 Å². The van der Waals surface area contributed by atoms with Crippen molar-refractivity contribution in [2.24, 2.45) is 0 Å². The van der Waals surface area contributed by atoms with E-state index in [2.05, 4.69) is 140 Å². The Balaban J connectivity index is 0.00000207. The van der Waals surface area contributed by atoms with Crippen molar-refractivity contribution in [2.45, 2.75) is 13.8 Å². The summed E-state index contributed by atoms with van der Waals surface area (Å²) in [5.41, 5.74) is 17.9. The first-order valence-corrected chi connectivity index (χ1v) is 21.1. The molecule has 12 aromatic rings. The number of aromatic nitrogens is 8. The summed E-state index contributed by atoms with van der Waals surface area (Å²) in [5, 5.41) is 2.12. The molecule has 5 aromatic carbocycles. The Labute approximate surface area is 355 Å². The fourth-order valence-electron chi connectivity index (χ4n) is 8.69. The lowest BCUT2D eigenvalue weighted by Crippen LogP contribution is -2.00. The summed E-state index contributed by atoms with van der Waals surface area (Å²) in [6.45, 7) is 4.00. The Morgan fingerprint density at radius 2 is 0.787 bits per heavy atom. The molecule has 0 radical (unpaired) electrons. The van der Waals surface area contributed by atoms with Gasteiger partial charge in [0, 0.05) is 46.7 Å². The highest BCUT2D eigenvalue weighted by atomic mass is 32.1. The van der Waals surface area contributed by atoms with Crippen LogP contribution in [0.5, 0.6) is 0 Å². The van der Waals surface area contributed by atoms with Crippen LogP contribution in [-0.2, 0) is 0 Å². The number of pyridine rings is 4. The van der Waals surface area contributed by atoms with Crippen LogP contribution in [0.3, 0.4) is 0 Å². The minimum absolute atomic E-state index is 0.819. The molecule has 9 heteroatoms. The van der Waals surface area contributed by atoms with Gasteiger partial charge < -0.3 is 9.13 Å². The zero-order chi connectivity index (χ0) is 40.9. The molecule has 0 unspecified atom stereocenters. The molecule has 7 aromatic heterocycles. The average Bonchev–Trinajstić information content (AvgIpc) is 4.06. The molecule has 0 fully saturated rings. The second-order valence-electron chi connectivity index (χ2n) is 14.5. The third-order valence-corrected chi connectivity index (χ3v) is 11.8. The minimum Gasteiger partial charge on any atom is -0.305 e. The normalized spacial score (nSPS) is 11.4. The maximum atomic E-state index is 4.97. The van der Waals surface area contributed by atoms with Crippen LogP contribution in [0.4, 0.5) is 0 Å². The Kier molecular flexibility index (Phi) is 8.94. The molecular formula is C52H36N8S. The molecule has 0 bridgehead atoms. The molecule has 0 aliphatic heterocycles. The highest BCUT2D eigenvalue weighted by molar-refractivity contribution is 7.00. The predicted octanol–water partition coefficient (Wildman–Crippen LogP) is 13.2. The lowest BCUT2D eigenvalue weighted by Gasteiger charge is -2.13. The van der Waals surface area contributed by atoms with Gasteiger partial charge in [-0.3, -0.25) is 19.9 Å². The van der Waals surface area contributed by atoms with Gasteiger partial charge in [-0.05, 0) is 107 Å². The number of nitrogens with zero attached hydrogens (tertiary/aromatic N) is 8. The molecule has 0 atom stereocenters. The SMILES string of the molecule is CC.c1ccc(-c2ccccc2-c2ccc3c(c2)c2ncccc2n3-c2ccc(-n3c4ccc(-c5ccccc5-c5ccccn5)cc4c4ncccc43)c3nsnc23)nc1. The standard InChI is InChI=1S/C50H30N8S.C2H6/c1-3-13-35(39-15-5-7-25-51-39)33(11-1)31-19-21-41-37(29-31)47-43(17-9-27-53-47)57(41)45-23-24-46(50-49(45)55-59-56-50)58-42-22-20-32(30-38(42)48-44(58)18-10-28-54-48)34-12-2-4-14-36(34)40-16-6-8-26-52-40;1-2/h1-30H;1-2H3. The van der Waals surface area contributed by atoms with E-state index < -0.39 is 0 Å². The molecule has 0 aliphatic carbocycles. The highest BCUT2D eigenvalue weighted by Crippen LogP contribution is 2.41. The highest BCUT2D eigenvalue weighted by Gasteiger charge is 2.23. The Morgan fingerprint density at radius 3 is 1.23 bits per heavy atom. The second kappa shape index (κ2) is 15.1. The summed E-state index contributed by atoms with van der Waals surface area (Å²) in [7, 11) is 0. The molecule has 0 N–H and O–H groups in total. The van der Waals surface area contributed by atoms with Gasteiger partial charge in [-0.1, -0.05) is 86.6 Å². The zero-order valence-electron chi connectivity index (χ0n) is 33.3. The monoisotopic (exact) mass is 804 g/mol. The van der Waals surface area contributed by atoms with E-state index >= 15 is 0 Å². The first-order valence-electron chi connectivity index (χ1n) is 20.4. The van der Waals surface area contributed by atoms with Gasteiger partial charge in [-0.25, -0.2) is 0 Å². The number of rotatable bonds is 6. The maximum Gasteiger partial charge on any atom is 0.130 e. The number of fused-ring (bicyclic) bond motifs is 7. The third-order valence-electron chi connectivity index (χ3n) is 11.3. The van der Waals surface area contributed by atoms with Crippen LogP contribution in [-0.4, -0.2) is 37.8 Å². The van der Waals surface area contributed by atoms with Crippen molar-refractivity contribution >= 4 is 66.6 Å². The van der Waals surface area contributed by atoms with Crippen molar-refractivity contribution in [1.82, 2.24) is 37.8 Å². The van der Waals surface area contributed by atoms with Crippen molar-refractivity contribution < 1.29 is 0 Å². The van der Waals surface area contributed by atoms with Crippen molar-refractivity contribution in [1.29, 1.82) is 0 Å². The number of benzene rings is 5. The summed E-state index contributed by atoms with van der Waals surface area (Å²) < 4.78 is 14.5. The molecule has 61 heavy (non-hydrogen) atoms. The molecule has 7 heterocycles. The molecule has 0 saturated carbocycles. The average molecular weight is 805 g/mol. The fraction of sp³-hybridized carbons (Fsp3) is 0.0385. The third kappa shape index (κ3) is 5.89. The summed E-state index contributed by atoms with van der Waals surface area (Å²) in [6, 6.07) is 54.8. The summed E-state index contributed by atoms with van der Waals surface area (Å²) in [5.74, 6) is 0. The van der Waals surface area contributed by atoms with Crippen molar-refractivity contribution in [3.8, 4) is 56.1 Å². The Bertz CT molecular complexity index is 3340. The van der Waals surface area contributed by atoms with E-state index in [-0.39, 0.29) is 0 Å². The largest absolute Gasteiger partial charge is 0.305 e. The molecular weight excluding hydrogens is 769 g/mol. The van der Waals surface area contributed by atoms with Crippen molar-refractivity contribution in [3.63, 3.8) is 0 Å². The summed E-state index contributed by atoms with van der Waals surface area (Å²) in [4.78, 5) is 19.2. The van der Waals surface area contributed by atoms with Gasteiger partial charge in [0.25, 0.3) is 0 Å². The van der Waals surface area contributed by atoms with Crippen LogP contribution in [0, 0.1) is 0 Å². The number of hydrogen-bond acceptors (Lipinski definition) is 7. The van der Waals surface area contributed by atoms with Gasteiger partial charge in [0.1, 0.15) is 11.0 Å². The molecule has 0 aliphatic rings. The quantitative estimate of drug-likeness (QED) is 0.166. The van der Waals surface area contributed by atoms with E-state index in [9.17, 15) is 0 Å². The van der Waals surface area contributed by atoms with Gasteiger partial charge in [-0.2, -0.15) is 8.75 Å². The van der Waals surface area contributed by atoms with Crippen molar-refractivity contribution in [3.05, 3.63) is 183 Å². The minimum atomic E-state index is 0.819. The Hall–Kier alpha value is -7.88. The lowest BCUT2D eigenvalue weighted by molar-refractivity contribution is 1.16. The van der Waals surface area contributed by atoms with E-state index in [1.807, 2.05) is 75.0 Å². The van der Waals surface area contributed by atoms with Crippen LogP contribution >= 0.6 is 11.7 Å². The molecule has 8 nitrogen and oxygen atoms in total. The van der Waals surface area contributed by atoms with Crippen LogP contribution in [0.15, 0.2) is 183 Å². The Morgan fingerprint density at radius 1 is 0.361 bits per heavy atom. The van der Waals surface area contributed by atoms with Gasteiger partial charge >= 0.3 is 0 Å². The molecule has 0 spiro atoms. The van der Waals surface area contributed by atoms with E-state index in [4.69, 9.17) is 18.7 Å². The maximum absolute atomic E-state index is 4.97.